The number of amides is 3. The Morgan fingerprint density at radius 2 is 1.81 bits per heavy atom. The largest absolute Gasteiger partial charge is 0.351 e. The zero-order chi connectivity index (χ0) is 26.4. The van der Waals surface area contributed by atoms with Gasteiger partial charge in [-0.3, -0.25) is 14.4 Å². The number of hydrogen-bond acceptors (Lipinski definition) is 4. The first-order valence-corrected chi connectivity index (χ1v) is 13.6. The van der Waals surface area contributed by atoms with Crippen molar-refractivity contribution in [1.29, 1.82) is 0 Å². The molecule has 2 aromatic rings. The fraction of sp³-hybridized carbons (Fsp3) is 0.500. The van der Waals surface area contributed by atoms with Crippen molar-refractivity contribution in [3.63, 3.8) is 0 Å². The number of rotatable bonds is 8. The number of fused-ring (bicyclic) bond motifs is 1. The highest BCUT2D eigenvalue weighted by Gasteiger charge is 2.37. The summed E-state index contributed by atoms with van der Waals surface area (Å²) in [5, 5.41) is 5.94. The minimum Gasteiger partial charge on any atom is -0.351 e. The second kappa shape index (κ2) is 11.9. The Labute approximate surface area is 220 Å². The van der Waals surface area contributed by atoms with E-state index in [1.54, 1.807) is 12.1 Å². The normalized spacial score (nSPS) is 18.5. The summed E-state index contributed by atoms with van der Waals surface area (Å²) < 4.78 is 0. The van der Waals surface area contributed by atoms with Crippen molar-refractivity contribution in [2.75, 3.05) is 23.3 Å². The van der Waals surface area contributed by atoms with Gasteiger partial charge < -0.3 is 21.3 Å². The van der Waals surface area contributed by atoms with E-state index in [1.807, 2.05) is 55.1 Å². The fourth-order valence-corrected chi connectivity index (χ4v) is 5.37. The van der Waals surface area contributed by atoms with Crippen LogP contribution >= 0.6 is 0 Å². The van der Waals surface area contributed by atoms with Crippen molar-refractivity contribution in [2.45, 2.75) is 71.3 Å². The molecule has 37 heavy (non-hydrogen) atoms. The summed E-state index contributed by atoms with van der Waals surface area (Å²) in [5.74, 6) is -0.0442. The zero-order valence-electron chi connectivity index (χ0n) is 22.1. The van der Waals surface area contributed by atoms with Crippen LogP contribution in [0.25, 0.3) is 0 Å². The van der Waals surface area contributed by atoms with Gasteiger partial charge in [0.2, 0.25) is 11.8 Å². The molecule has 2 aliphatic rings. The number of hydrogen-bond donors (Lipinski definition) is 3. The lowest BCUT2D eigenvalue weighted by Gasteiger charge is -2.37. The molecule has 0 spiro atoms. The molecule has 7 nitrogen and oxygen atoms in total. The smallest absolute Gasteiger partial charge is 0.251 e. The van der Waals surface area contributed by atoms with Crippen LogP contribution in [0.3, 0.4) is 0 Å². The Morgan fingerprint density at radius 3 is 2.51 bits per heavy atom. The van der Waals surface area contributed by atoms with Gasteiger partial charge in [-0.25, -0.2) is 0 Å². The van der Waals surface area contributed by atoms with Gasteiger partial charge in [0, 0.05) is 31.0 Å². The van der Waals surface area contributed by atoms with Gasteiger partial charge in [-0.1, -0.05) is 63.4 Å². The number of carbonyl (C=O) groups excluding carboxylic acids is 3. The summed E-state index contributed by atoms with van der Waals surface area (Å²) >= 11 is 0. The Balaban J connectivity index is 1.63. The van der Waals surface area contributed by atoms with E-state index in [2.05, 4.69) is 10.6 Å². The molecular weight excluding hydrogens is 464 g/mol. The average molecular weight is 505 g/mol. The van der Waals surface area contributed by atoms with Crippen LogP contribution in [0.5, 0.6) is 0 Å². The highest BCUT2D eigenvalue weighted by atomic mass is 16.2. The summed E-state index contributed by atoms with van der Waals surface area (Å²) in [6.45, 7) is 4.89. The maximum atomic E-state index is 13.8. The minimum atomic E-state index is -0.228. The van der Waals surface area contributed by atoms with E-state index >= 15 is 0 Å². The standard InChI is InChI=1S/C30H40N4O3/c1-30(2,19-31)20-32-29(37)23-14-15-25-24(17-23)33-27(35)18-26(22-11-7-4-8-12-22)34(25)28(36)16-13-21-9-5-3-6-10-21/h3,5-6,9-10,14-15,17,22,26H,4,7-8,11-13,16,18-20,31H2,1-2H3,(H,32,37)(H,33,35). The molecule has 1 fully saturated rings. The molecule has 198 valence electrons. The van der Waals surface area contributed by atoms with E-state index < -0.39 is 0 Å². The van der Waals surface area contributed by atoms with Crippen LogP contribution in [0, 0.1) is 11.3 Å². The first-order valence-electron chi connectivity index (χ1n) is 13.6. The molecule has 0 bridgehead atoms. The van der Waals surface area contributed by atoms with Gasteiger partial charge in [-0.2, -0.15) is 0 Å². The van der Waals surface area contributed by atoms with Gasteiger partial charge in [0.25, 0.3) is 5.91 Å². The van der Waals surface area contributed by atoms with Crippen LogP contribution in [0.15, 0.2) is 48.5 Å². The van der Waals surface area contributed by atoms with Gasteiger partial charge in [-0.15, -0.1) is 0 Å². The molecule has 1 aliphatic heterocycles. The number of aryl methyl sites for hydroxylation is 1. The van der Waals surface area contributed by atoms with Gasteiger partial charge in [0.15, 0.2) is 0 Å². The molecule has 2 aromatic carbocycles. The van der Waals surface area contributed by atoms with Crippen LogP contribution in [-0.2, 0) is 16.0 Å². The summed E-state index contributed by atoms with van der Waals surface area (Å²) in [6.07, 6.45) is 6.76. The Morgan fingerprint density at radius 1 is 1.08 bits per heavy atom. The quantitative estimate of drug-likeness (QED) is 0.486. The van der Waals surface area contributed by atoms with Gasteiger partial charge in [-0.05, 0) is 60.9 Å². The van der Waals surface area contributed by atoms with Crippen molar-refractivity contribution in [1.82, 2.24) is 5.32 Å². The van der Waals surface area contributed by atoms with Crippen LogP contribution < -0.4 is 21.3 Å². The van der Waals surface area contributed by atoms with Crippen LogP contribution in [0.4, 0.5) is 11.4 Å². The molecular formula is C30H40N4O3. The van der Waals surface area contributed by atoms with Crippen molar-refractivity contribution in [3.8, 4) is 0 Å². The fourth-order valence-electron chi connectivity index (χ4n) is 5.37. The zero-order valence-corrected chi connectivity index (χ0v) is 22.1. The maximum absolute atomic E-state index is 13.8. The first kappa shape index (κ1) is 26.9. The summed E-state index contributed by atoms with van der Waals surface area (Å²) in [5.41, 5.74) is 8.33. The first-order chi connectivity index (χ1) is 17.8. The number of benzene rings is 2. The average Bonchev–Trinajstić information content (AvgIpc) is 3.06. The molecule has 1 unspecified atom stereocenters. The van der Waals surface area contributed by atoms with E-state index in [0.717, 1.165) is 31.2 Å². The third-order valence-electron chi connectivity index (χ3n) is 7.73. The van der Waals surface area contributed by atoms with Gasteiger partial charge in [0.1, 0.15) is 0 Å². The number of nitrogens with zero attached hydrogens (tertiary/aromatic N) is 1. The van der Waals surface area contributed by atoms with Crippen LogP contribution in [0.1, 0.15) is 74.7 Å². The third kappa shape index (κ3) is 6.77. The lowest BCUT2D eigenvalue weighted by atomic mass is 9.81. The number of carbonyl (C=O) groups is 3. The van der Waals surface area contributed by atoms with Crippen LogP contribution in [0.2, 0.25) is 0 Å². The monoisotopic (exact) mass is 504 g/mol. The molecule has 0 aromatic heterocycles. The van der Waals surface area contributed by atoms with E-state index in [9.17, 15) is 14.4 Å². The lowest BCUT2D eigenvalue weighted by molar-refractivity contribution is -0.120. The Hall–Kier alpha value is -3.19. The molecule has 3 amide bonds. The second-order valence-corrected chi connectivity index (χ2v) is 11.3. The molecule has 1 heterocycles. The molecule has 0 saturated heterocycles. The summed E-state index contributed by atoms with van der Waals surface area (Å²) in [6, 6.07) is 15.1. The maximum Gasteiger partial charge on any atom is 0.251 e. The predicted octanol–water partition coefficient (Wildman–Crippen LogP) is 4.66. The van der Waals surface area contributed by atoms with Gasteiger partial charge in [0.05, 0.1) is 11.4 Å². The lowest BCUT2D eigenvalue weighted by Crippen LogP contribution is -2.46. The van der Waals surface area contributed by atoms with Gasteiger partial charge >= 0.3 is 0 Å². The molecule has 7 heteroatoms. The van der Waals surface area contributed by atoms with E-state index in [0.29, 0.717) is 42.9 Å². The van der Waals surface area contributed by atoms with Crippen molar-refractivity contribution in [2.24, 2.45) is 17.1 Å². The van der Waals surface area contributed by atoms with E-state index in [4.69, 9.17) is 5.73 Å². The van der Waals surface area contributed by atoms with E-state index in [1.165, 1.54) is 6.42 Å². The highest BCUT2D eigenvalue weighted by Crippen LogP contribution is 2.39. The topological polar surface area (TPSA) is 105 Å². The van der Waals surface area contributed by atoms with Crippen molar-refractivity contribution >= 4 is 29.1 Å². The van der Waals surface area contributed by atoms with Crippen LogP contribution in [-0.4, -0.2) is 36.9 Å². The van der Waals surface area contributed by atoms with Crippen molar-refractivity contribution in [3.05, 3.63) is 59.7 Å². The third-order valence-corrected chi connectivity index (χ3v) is 7.73. The molecule has 1 aliphatic carbocycles. The highest BCUT2D eigenvalue weighted by molar-refractivity contribution is 6.06. The molecule has 0 radical (unpaired) electrons. The summed E-state index contributed by atoms with van der Waals surface area (Å²) in [7, 11) is 0. The van der Waals surface area contributed by atoms with Crippen molar-refractivity contribution < 1.29 is 14.4 Å². The number of anilines is 2. The number of nitrogens with one attached hydrogen (secondary N) is 2. The van der Waals surface area contributed by atoms with E-state index in [-0.39, 0.29) is 41.5 Å². The molecule has 4 N–H and O–H groups in total. The second-order valence-electron chi connectivity index (χ2n) is 11.3. The molecule has 1 atom stereocenters. The predicted molar refractivity (Wildman–Crippen MR) is 147 cm³/mol. The molecule has 1 saturated carbocycles. The Kier molecular flexibility index (Phi) is 8.64. The molecule has 4 rings (SSSR count). The Bertz CT molecular complexity index is 1110. The SMILES string of the molecule is CC(C)(CN)CNC(=O)c1ccc2c(c1)NC(=O)CC(C1CCCCC1)N2C(=O)CCc1ccccc1. The number of nitrogens with two attached hydrogens (primary N) is 1. The minimum absolute atomic E-state index is 0.0130. The summed E-state index contributed by atoms with van der Waals surface area (Å²) in [4.78, 5) is 41.6.